The molecule has 1 aliphatic heterocycles. The Hall–Kier alpha value is -2.92. The Morgan fingerprint density at radius 2 is 1.71 bits per heavy atom. The molecule has 4 rings (SSSR count). The van der Waals surface area contributed by atoms with Crippen molar-refractivity contribution in [2.75, 3.05) is 19.6 Å². The van der Waals surface area contributed by atoms with Crippen LogP contribution in [0.4, 0.5) is 0 Å². The van der Waals surface area contributed by atoms with Gasteiger partial charge in [0.05, 0.1) is 6.04 Å². The number of nitrogens with zero attached hydrogens (tertiary/aromatic N) is 2. The average molecular weight is 375 g/mol. The Morgan fingerprint density at radius 1 is 1.07 bits per heavy atom. The number of amides is 1. The Morgan fingerprint density at radius 3 is 2.39 bits per heavy atom. The minimum atomic E-state index is -0.141. The van der Waals surface area contributed by atoms with Crippen LogP contribution in [0.15, 0.2) is 65.2 Å². The minimum absolute atomic E-state index is 0.141. The zero-order chi connectivity index (χ0) is 19.3. The molecule has 2 aromatic carbocycles. The Kier molecular flexibility index (Phi) is 5.53. The van der Waals surface area contributed by atoms with E-state index >= 15 is 0 Å². The maximum absolute atomic E-state index is 13.0. The van der Waals surface area contributed by atoms with Gasteiger partial charge in [-0.25, -0.2) is 0 Å². The quantitative estimate of drug-likeness (QED) is 0.701. The van der Waals surface area contributed by atoms with E-state index < -0.39 is 0 Å². The van der Waals surface area contributed by atoms with E-state index in [4.69, 9.17) is 4.52 Å². The lowest BCUT2D eigenvalue weighted by Gasteiger charge is -2.28. The summed E-state index contributed by atoms with van der Waals surface area (Å²) in [5.41, 5.74) is 3.21. The van der Waals surface area contributed by atoms with E-state index in [2.05, 4.69) is 39.6 Å². The summed E-state index contributed by atoms with van der Waals surface area (Å²) in [4.78, 5) is 15.5. The van der Waals surface area contributed by atoms with Crippen LogP contribution in [-0.2, 0) is 0 Å². The number of rotatable bonds is 6. The van der Waals surface area contributed by atoms with Crippen molar-refractivity contribution < 1.29 is 9.32 Å². The van der Waals surface area contributed by atoms with Gasteiger partial charge in [-0.05, 0) is 38.4 Å². The summed E-state index contributed by atoms with van der Waals surface area (Å²) >= 11 is 0. The van der Waals surface area contributed by atoms with Crippen molar-refractivity contribution >= 4 is 5.91 Å². The Bertz CT molecular complexity index is 916. The molecule has 0 saturated carbocycles. The van der Waals surface area contributed by atoms with Crippen molar-refractivity contribution in [2.24, 2.45) is 0 Å². The van der Waals surface area contributed by atoms with E-state index in [-0.39, 0.29) is 11.9 Å². The predicted octanol–water partition coefficient (Wildman–Crippen LogP) is 4.22. The summed E-state index contributed by atoms with van der Waals surface area (Å²) in [6, 6.07) is 20.2. The van der Waals surface area contributed by atoms with Gasteiger partial charge < -0.3 is 9.84 Å². The first-order valence-corrected chi connectivity index (χ1v) is 9.83. The van der Waals surface area contributed by atoms with Gasteiger partial charge in [0, 0.05) is 12.1 Å². The second-order valence-corrected chi connectivity index (χ2v) is 7.21. The molecule has 0 unspecified atom stereocenters. The normalized spacial score (nSPS) is 15.5. The molecule has 1 N–H and O–H groups in total. The van der Waals surface area contributed by atoms with Gasteiger partial charge >= 0.3 is 0 Å². The summed E-state index contributed by atoms with van der Waals surface area (Å²) in [7, 11) is 0. The van der Waals surface area contributed by atoms with E-state index in [1.807, 2.05) is 36.4 Å². The lowest BCUT2D eigenvalue weighted by atomic mass is 10.0. The number of carbonyl (C=O) groups excluding carboxylic acids is 1. The largest absolute Gasteiger partial charge is 0.360 e. The number of benzene rings is 2. The fraction of sp³-hybridized carbons (Fsp3) is 0.304. The number of aryl methyl sites for hydroxylation is 1. The van der Waals surface area contributed by atoms with E-state index in [0.29, 0.717) is 23.6 Å². The van der Waals surface area contributed by atoms with Gasteiger partial charge in [-0.1, -0.05) is 65.8 Å². The Balaban J connectivity index is 1.54. The molecule has 0 radical (unpaired) electrons. The first-order chi connectivity index (χ1) is 13.7. The molecule has 0 bridgehead atoms. The molecule has 1 atom stereocenters. The number of likely N-dealkylation sites (tertiary alicyclic amines) is 1. The van der Waals surface area contributed by atoms with Gasteiger partial charge in [-0.15, -0.1) is 0 Å². The maximum atomic E-state index is 13.0. The summed E-state index contributed by atoms with van der Waals surface area (Å²) in [5.74, 6) is 0.395. The number of aromatic nitrogens is 1. The lowest BCUT2D eigenvalue weighted by Crippen LogP contribution is -2.37. The van der Waals surface area contributed by atoms with Crippen molar-refractivity contribution in [1.29, 1.82) is 0 Å². The van der Waals surface area contributed by atoms with Crippen LogP contribution < -0.4 is 5.32 Å². The molecule has 1 fully saturated rings. The van der Waals surface area contributed by atoms with Crippen molar-refractivity contribution in [3.05, 3.63) is 77.6 Å². The molecule has 3 aromatic rings. The molecule has 5 heteroatoms. The van der Waals surface area contributed by atoms with E-state index in [1.165, 1.54) is 18.4 Å². The summed E-state index contributed by atoms with van der Waals surface area (Å²) in [5, 5.41) is 7.25. The molecule has 0 spiro atoms. The van der Waals surface area contributed by atoms with Crippen molar-refractivity contribution in [2.45, 2.75) is 25.8 Å². The van der Waals surface area contributed by atoms with Crippen LogP contribution in [0.25, 0.3) is 11.3 Å². The monoisotopic (exact) mass is 375 g/mol. The van der Waals surface area contributed by atoms with E-state index in [9.17, 15) is 4.79 Å². The lowest BCUT2D eigenvalue weighted by molar-refractivity contribution is 0.0937. The van der Waals surface area contributed by atoms with Crippen LogP contribution in [-0.4, -0.2) is 35.6 Å². The van der Waals surface area contributed by atoms with Gasteiger partial charge in [-0.2, -0.15) is 0 Å². The predicted molar refractivity (Wildman–Crippen MR) is 109 cm³/mol. The van der Waals surface area contributed by atoms with Gasteiger partial charge in [0.15, 0.2) is 0 Å². The van der Waals surface area contributed by atoms with Crippen LogP contribution in [0.3, 0.4) is 0 Å². The number of nitrogens with one attached hydrogen (secondary N) is 1. The topological polar surface area (TPSA) is 58.4 Å². The third kappa shape index (κ3) is 3.85. The first kappa shape index (κ1) is 18.4. The summed E-state index contributed by atoms with van der Waals surface area (Å²) in [6.45, 7) is 4.47. The second kappa shape index (κ2) is 8.40. The molecular formula is C23H25N3O2. The highest BCUT2D eigenvalue weighted by Gasteiger charge is 2.26. The third-order valence-corrected chi connectivity index (χ3v) is 5.36. The molecule has 1 saturated heterocycles. The number of hydrogen-bond acceptors (Lipinski definition) is 4. The third-order valence-electron chi connectivity index (χ3n) is 5.36. The molecule has 28 heavy (non-hydrogen) atoms. The smallest absolute Gasteiger partial charge is 0.257 e. The molecule has 5 nitrogen and oxygen atoms in total. The molecular weight excluding hydrogens is 350 g/mol. The average Bonchev–Trinajstić information content (AvgIpc) is 3.39. The molecule has 0 aliphatic carbocycles. The summed E-state index contributed by atoms with van der Waals surface area (Å²) in [6.07, 6.45) is 2.42. The van der Waals surface area contributed by atoms with Crippen LogP contribution in [0.5, 0.6) is 0 Å². The minimum Gasteiger partial charge on any atom is -0.360 e. The van der Waals surface area contributed by atoms with Crippen LogP contribution in [0, 0.1) is 6.92 Å². The zero-order valence-electron chi connectivity index (χ0n) is 16.1. The highest BCUT2D eigenvalue weighted by Crippen LogP contribution is 2.27. The number of hydrogen-bond donors (Lipinski definition) is 1. The van der Waals surface area contributed by atoms with Crippen LogP contribution in [0.1, 0.15) is 40.6 Å². The molecule has 1 aliphatic rings. The standard InChI is InChI=1S/C23H25N3O2/c1-17-21(22(25-28-17)19-12-6-3-7-13-19)23(27)24-16-20(26-14-8-9-15-26)18-10-4-2-5-11-18/h2-7,10-13,20H,8-9,14-16H2,1H3,(H,24,27)/t20-/m1/s1. The Labute approximate surface area is 165 Å². The van der Waals surface area contributed by atoms with Gasteiger partial charge in [0.1, 0.15) is 17.0 Å². The summed E-state index contributed by atoms with van der Waals surface area (Å²) < 4.78 is 5.34. The highest BCUT2D eigenvalue weighted by molar-refractivity contribution is 6.00. The zero-order valence-corrected chi connectivity index (χ0v) is 16.1. The van der Waals surface area contributed by atoms with Gasteiger partial charge in [0.2, 0.25) is 0 Å². The first-order valence-electron chi connectivity index (χ1n) is 9.83. The van der Waals surface area contributed by atoms with E-state index in [0.717, 1.165) is 18.7 Å². The maximum Gasteiger partial charge on any atom is 0.257 e. The van der Waals surface area contributed by atoms with Gasteiger partial charge in [-0.3, -0.25) is 9.69 Å². The van der Waals surface area contributed by atoms with Crippen LogP contribution >= 0.6 is 0 Å². The van der Waals surface area contributed by atoms with E-state index in [1.54, 1.807) is 6.92 Å². The van der Waals surface area contributed by atoms with Gasteiger partial charge in [0.25, 0.3) is 5.91 Å². The van der Waals surface area contributed by atoms with Crippen molar-refractivity contribution in [3.63, 3.8) is 0 Å². The fourth-order valence-corrected chi connectivity index (χ4v) is 3.90. The molecule has 1 amide bonds. The molecule has 144 valence electrons. The molecule has 1 aromatic heterocycles. The highest BCUT2D eigenvalue weighted by atomic mass is 16.5. The molecule has 2 heterocycles. The number of carbonyl (C=O) groups is 1. The SMILES string of the molecule is Cc1onc(-c2ccccc2)c1C(=O)NC[C@H](c1ccccc1)N1CCCC1. The van der Waals surface area contributed by atoms with Crippen molar-refractivity contribution in [3.8, 4) is 11.3 Å². The van der Waals surface area contributed by atoms with Crippen LogP contribution in [0.2, 0.25) is 0 Å². The fourth-order valence-electron chi connectivity index (χ4n) is 3.90. The second-order valence-electron chi connectivity index (χ2n) is 7.21. The van der Waals surface area contributed by atoms with Crippen molar-refractivity contribution in [1.82, 2.24) is 15.4 Å².